The molecule has 13 heavy (non-hydrogen) atoms. The fourth-order valence-electron chi connectivity index (χ4n) is 0.989. The highest BCUT2D eigenvalue weighted by Crippen LogP contribution is 2.18. The standard InChI is InChI=1S/C11H12O2/c1-3-7-13-11-6-4-5-10(8-11)9(2)12/h1,4-6,8-9,12H,7H2,2H3/t9-/m0/s1. The molecule has 1 aromatic rings. The van der Waals surface area contributed by atoms with Gasteiger partial charge in [0.05, 0.1) is 6.10 Å². The van der Waals surface area contributed by atoms with Crippen molar-refractivity contribution in [1.29, 1.82) is 0 Å². The van der Waals surface area contributed by atoms with E-state index in [1.807, 2.05) is 18.2 Å². The first-order valence-corrected chi connectivity index (χ1v) is 4.08. The number of terminal acetylenes is 1. The molecule has 0 heterocycles. The molecule has 0 aliphatic heterocycles. The highest BCUT2D eigenvalue weighted by molar-refractivity contribution is 5.29. The Morgan fingerprint density at radius 3 is 3.00 bits per heavy atom. The Balaban J connectivity index is 2.75. The smallest absolute Gasteiger partial charge is 0.148 e. The molecule has 0 saturated heterocycles. The molecule has 0 aromatic heterocycles. The highest BCUT2D eigenvalue weighted by atomic mass is 16.5. The maximum atomic E-state index is 9.28. The van der Waals surface area contributed by atoms with Crippen LogP contribution < -0.4 is 4.74 Å². The lowest BCUT2D eigenvalue weighted by atomic mass is 10.1. The van der Waals surface area contributed by atoms with E-state index in [4.69, 9.17) is 11.2 Å². The summed E-state index contributed by atoms with van der Waals surface area (Å²) in [6.45, 7) is 1.96. The van der Waals surface area contributed by atoms with Crippen LogP contribution in [0.4, 0.5) is 0 Å². The van der Waals surface area contributed by atoms with Crippen LogP contribution in [0.25, 0.3) is 0 Å². The molecule has 1 atom stereocenters. The predicted molar refractivity (Wildman–Crippen MR) is 51.4 cm³/mol. The van der Waals surface area contributed by atoms with Crippen LogP contribution in [0.1, 0.15) is 18.6 Å². The minimum atomic E-state index is -0.477. The summed E-state index contributed by atoms with van der Waals surface area (Å²) in [5.41, 5.74) is 0.828. The zero-order chi connectivity index (χ0) is 9.68. The molecule has 0 aliphatic carbocycles. The summed E-state index contributed by atoms with van der Waals surface area (Å²) in [4.78, 5) is 0. The molecule has 1 N–H and O–H groups in total. The SMILES string of the molecule is C#CCOc1cccc([C@H](C)O)c1. The molecule has 2 nitrogen and oxygen atoms in total. The van der Waals surface area contributed by atoms with Gasteiger partial charge in [0.15, 0.2) is 0 Å². The van der Waals surface area contributed by atoms with Gasteiger partial charge in [-0.2, -0.15) is 0 Å². The summed E-state index contributed by atoms with van der Waals surface area (Å²) in [7, 11) is 0. The molecule has 0 aliphatic rings. The molecule has 0 bridgehead atoms. The van der Waals surface area contributed by atoms with E-state index in [9.17, 15) is 5.11 Å². The summed E-state index contributed by atoms with van der Waals surface area (Å²) in [5, 5.41) is 9.28. The lowest BCUT2D eigenvalue weighted by molar-refractivity contribution is 0.198. The van der Waals surface area contributed by atoms with Crippen molar-refractivity contribution in [3.05, 3.63) is 29.8 Å². The maximum Gasteiger partial charge on any atom is 0.148 e. The summed E-state index contributed by atoms with van der Waals surface area (Å²) in [6.07, 6.45) is 4.57. The first-order chi connectivity index (χ1) is 6.24. The molecule has 0 spiro atoms. The van der Waals surface area contributed by atoms with E-state index in [2.05, 4.69) is 5.92 Å². The van der Waals surface area contributed by atoms with Crippen molar-refractivity contribution in [3.8, 4) is 18.1 Å². The van der Waals surface area contributed by atoms with Crippen LogP contribution in [-0.2, 0) is 0 Å². The number of ether oxygens (including phenoxy) is 1. The van der Waals surface area contributed by atoms with Gasteiger partial charge >= 0.3 is 0 Å². The van der Waals surface area contributed by atoms with E-state index in [1.165, 1.54) is 0 Å². The second-order valence-electron chi connectivity index (χ2n) is 2.74. The third kappa shape index (κ3) is 2.81. The third-order valence-corrected chi connectivity index (χ3v) is 1.66. The second kappa shape index (κ2) is 4.54. The van der Waals surface area contributed by atoms with E-state index in [0.717, 1.165) is 5.56 Å². The average Bonchev–Trinajstić information content (AvgIpc) is 2.15. The van der Waals surface area contributed by atoms with Crippen LogP contribution in [0.15, 0.2) is 24.3 Å². The molecule has 0 unspecified atom stereocenters. The minimum Gasteiger partial charge on any atom is -0.481 e. The van der Waals surface area contributed by atoms with Crippen molar-refractivity contribution in [3.63, 3.8) is 0 Å². The number of aliphatic hydroxyl groups is 1. The number of hydrogen-bond acceptors (Lipinski definition) is 2. The van der Waals surface area contributed by atoms with Gasteiger partial charge in [-0.05, 0) is 24.6 Å². The van der Waals surface area contributed by atoms with Gasteiger partial charge in [-0.25, -0.2) is 0 Å². The van der Waals surface area contributed by atoms with Crippen LogP contribution >= 0.6 is 0 Å². The number of aliphatic hydroxyl groups excluding tert-OH is 1. The van der Waals surface area contributed by atoms with Gasteiger partial charge in [0.1, 0.15) is 12.4 Å². The van der Waals surface area contributed by atoms with E-state index in [1.54, 1.807) is 13.0 Å². The Kier molecular flexibility index (Phi) is 3.36. The first kappa shape index (κ1) is 9.63. The summed E-state index contributed by atoms with van der Waals surface area (Å²) >= 11 is 0. The van der Waals surface area contributed by atoms with Crippen molar-refractivity contribution in [1.82, 2.24) is 0 Å². The molecule has 68 valence electrons. The first-order valence-electron chi connectivity index (χ1n) is 4.08. The van der Waals surface area contributed by atoms with Crippen molar-refractivity contribution < 1.29 is 9.84 Å². The van der Waals surface area contributed by atoms with Gasteiger partial charge in [-0.3, -0.25) is 0 Å². The second-order valence-corrected chi connectivity index (χ2v) is 2.74. The highest BCUT2D eigenvalue weighted by Gasteiger charge is 2.01. The van der Waals surface area contributed by atoms with E-state index in [-0.39, 0.29) is 6.61 Å². The molecule has 2 heteroatoms. The Labute approximate surface area is 78.2 Å². The van der Waals surface area contributed by atoms with Crippen LogP contribution in [0, 0.1) is 12.3 Å². The van der Waals surface area contributed by atoms with Crippen molar-refractivity contribution in [2.75, 3.05) is 6.61 Å². The molecule has 0 saturated carbocycles. The van der Waals surface area contributed by atoms with E-state index in [0.29, 0.717) is 5.75 Å². The minimum absolute atomic E-state index is 0.253. The summed E-state index contributed by atoms with van der Waals surface area (Å²) in [6, 6.07) is 7.26. The van der Waals surface area contributed by atoms with Gasteiger partial charge in [-0.15, -0.1) is 6.42 Å². The quantitative estimate of drug-likeness (QED) is 0.711. The average molecular weight is 176 g/mol. The Bertz CT molecular complexity index is 310. The maximum absolute atomic E-state index is 9.28. The number of hydrogen-bond donors (Lipinski definition) is 1. The largest absolute Gasteiger partial charge is 0.481 e. The van der Waals surface area contributed by atoms with E-state index < -0.39 is 6.10 Å². The Hall–Kier alpha value is -1.46. The summed E-state index contributed by atoms with van der Waals surface area (Å²) in [5.74, 6) is 3.07. The number of rotatable bonds is 3. The van der Waals surface area contributed by atoms with Gasteiger partial charge in [0, 0.05) is 0 Å². The molecular weight excluding hydrogens is 164 g/mol. The van der Waals surface area contributed by atoms with E-state index >= 15 is 0 Å². The van der Waals surface area contributed by atoms with Crippen LogP contribution in [0.2, 0.25) is 0 Å². The van der Waals surface area contributed by atoms with Gasteiger partial charge in [0.2, 0.25) is 0 Å². The summed E-state index contributed by atoms with van der Waals surface area (Å²) < 4.78 is 5.20. The topological polar surface area (TPSA) is 29.5 Å². The third-order valence-electron chi connectivity index (χ3n) is 1.66. The van der Waals surface area contributed by atoms with Crippen LogP contribution in [0.3, 0.4) is 0 Å². The monoisotopic (exact) mass is 176 g/mol. The van der Waals surface area contributed by atoms with Gasteiger partial charge < -0.3 is 9.84 Å². The molecule has 0 amide bonds. The zero-order valence-corrected chi connectivity index (χ0v) is 7.53. The van der Waals surface area contributed by atoms with Crippen molar-refractivity contribution in [2.45, 2.75) is 13.0 Å². The zero-order valence-electron chi connectivity index (χ0n) is 7.53. The molecular formula is C11H12O2. The normalized spacial score (nSPS) is 11.8. The van der Waals surface area contributed by atoms with Gasteiger partial charge in [-0.1, -0.05) is 18.1 Å². The van der Waals surface area contributed by atoms with Crippen molar-refractivity contribution >= 4 is 0 Å². The molecule has 1 rings (SSSR count). The fraction of sp³-hybridized carbons (Fsp3) is 0.273. The van der Waals surface area contributed by atoms with Gasteiger partial charge in [0.25, 0.3) is 0 Å². The lowest BCUT2D eigenvalue weighted by Gasteiger charge is -2.07. The Morgan fingerprint density at radius 1 is 1.62 bits per heavy atom. The predicted octanol–water partition coefficient (Wildman–Crippen LogP) is 1.75. The lowest BCUT2D eigenvalue weighted by Crippen LogP contribution is -1.96. The molecule has 0 radical (unpaired) electrons. The van der Waals surface area contributed by atoms with Crippen LogP contribution in [-0.4, -0.2) is 11.7 Å². The molecule has 1 aromatic carbocycles. The Morgan fingerprint density at radius 2 is 2.38 bits per heavy atom. The fourth-order valence-corrected chi connectivity index (χ4v) is 0.989. The molecule has 0 fully saturated rings. The van der Waals surface area contributed by atoms with Crippen LogP contribution in [0.5, 0.6) is 5.75 Å². The number of benzene rings is 1. The van der Waals surface area contributed by atoms with Crippen molar-refractivity contribution in [2.24, 2.45) is 0 Å².